The van der Waals surface area contributed by atoms with Crippen molar-refractivity contribution in [3.63, 3.8) is 0 Å². The molecule has 1 atom stereocenters. The Bertz CT molecular complexity index is 2770. The maximum atomic E-state index is 6.72. The number of nitrogens with one attached hydrogen (secondary N) is 1. The van der Waals surface area contributed by atoms with E-state index in [4.69, 9.17) is 18.8 Å². The van der Waals surface area contributed by atoms with Crippen LogP contribution in [0.1, 0.15) is 22.9 Å². The van der Waals surface area contributed by atoms with E-state index in [0.717, 1.165) is 83.1 Å². The predicted octanol–water partition coefficient (Wildman–Crippen LogP) is 11.3. The minimum Gasteiger partial charge on any atom is -0.455 e. The zero-order valence-corrected chi connectivity index (χ0v) is 26.9. The first-order valence-electron chi connectivity index (χ1n) is 16.8. The van der Waals surface area contributed by atoms with E-state index in [-0.39, 0.29) is 0 Å². The average molecular weight is 644 g/mol. The SMILES string of the molecule is c1ccc(C2=NC(c3ccc(-c4cccc5c4oc4ccccc45)c4oc5ccccc5c34)NC(c3ccc(-c4ccccc4)cc3)=N2)cc1. The summed E-state index contributed by atoms with van der Waals surface area (Å²) in [4.78, 5) is 10.3. The van der Waals surface area contributed by atoms with Crippen molar-refractivity contribution in [1.29, 1.82) is 0 Å². The first-order valence-corrected chi connectivity index (χ1v) is 16.8. The molecule has 0 saturated heterocycles. The third-order valence-corrected chi connectivity index (χ3v) is 9.59. The van der Waals surface area contributed by atoms with Gasteiger partial charge in [0.25, 0.3) is 0 Å². The number of amidine groups is 2. The van der Waals surface area contributed by atoms with E-state index in [0.29, 0.717) is 5.84 Å². The molecule has 0 radical (unpaired) electrons. The van der Waals surface area contributed by atoms with Crippen LogP contribution in [0.5, 0.6) is 0 Å². The first-order chi connectivity index (χ1) is 24.8. The van der Waals surface area contributed by atoms with Gasteiger partial charge < -0.3 is 14.2 Å². The van der Waals surface area contributed by atoms with Gasteiger partial charge >= 0.3 is 0 Å². The predicted molar refractivity (Wildman–Crippen MR) is 204 cm³/mol. The van der Waals surface area contributed by atoms with Gasteiger partial charge in [0.15, 0.2) is 5.84 Å². The number of aliphatic imine (C=N–C) groups is 2. The smallest absolute Gasteiger partial charge is 0.159 e. The molecular weight excluding hydrogens is 615 g/mol. The summed E-state index contributed by atoms with van der Waals surface area (Å²) in [5.74, 6) is 1.44. The van der Waals surface area contributed by atoms with E-state index in [1.165, 1.54) is 5.56 Å². The standard InChI is InChI=1S/C45H29N3O2/c1-3-12-28(13-4-1)29-22-24-31(25-23-29)44-46-43(30-14-5-2-6-15-30)47-45(48-44)37-27-26-35(42-40(37)36-17-8-10-21-39(36)50-42)34-19-11-18-33-32-16-7-9-20-38(32)49-41(33)34/h1-27,45H,(H,46,47,48). The molecule has 0 fully saturated rings. The van der Waals surface area contributed by atoms with Gasteiger partial charge in [0.2, 0.25) is 0 Å². The van der Waals surface area contributed by atoms with Crippen LogP contribution >= 0.6 is 0 Å². The van der Waals surface area contributed by atoms with E-state index in [1.54, 1.807) is 0 Å². The fraction of sp³-hybridized carbons (Fsp3) is 0.0222. The van der Waals surface area contributed by atoms with Gasteiger partial charge in [-0.1, -0.05) is 152 Å². The minimum absolute atomic E-state index is 0.425. The van der Waals surface area contributed by atoms with E-state index in [2.05, 4.69) is 115 Å². The summed E-state index contributed by atoms with van der Waals surface area (Å²) >= 11 is 0. The van der Waals surface area contributed by atoms with E-state index in [9.17, 15) is 0 Å². The lowest BCUT2D eigenvalue weighted by Crippen LogP contribution is -2.33. The fourth-order valence-electron chi connectivity index (χ4n) is 7.18. The molecule has 0 spiro atoms. The number of fused-ring (bicyclic) bond motifs is 6. The van der Waals surface area contributed by atoms with Gasteiger partial charge in [0.1, 0.15) is 34.3 Å². The van der Waals surface area contributed by atoms with Crippen LogP contribution < -0.4 is 5.32 Å². The highest BCUT2D eigenvalue weighted by Crippen LogP contribution is 2.44. The van der Waals surface area contributed by atoms with Gasteiger partial charge in [-0.25, -0.2) is 9.98 Å². The Balaban J connectivity index is 1.15. The molecule has 0 amide bonds. The summed E-state index contributed by atoms with van der Waals surface area (Å²) < 4.78 is 13.2. The van der Waals surface area contributed by atoms with Gasteiger partial charge in [-0.2, -0.15) is 0 Å². The van der Waals surface area contributed by atoms with Crippen LogP contribution in [0, 0.1) is 0 Å². The first kappa shape index (κ1) is 28.3. The van der Waals surface area contributed by atoms with E-state index < -0.39 is 6.17 Å². The second-order valence-corrected chi connectivity index (χ2v) is 12.6. The molecule has 236 valence electrons. The largest absolute Gasteiger partial charge is 0.455 e. The van der Waals surface area contributed by atoms with Crippen LogP contribution in [-0.2, 0) is 0 Å². The highest BCUT2D eigenvalue weighted by Gasteiger charge is 2.27. The highest BCUT2D eigenvalue weighted by atomic mass is 16.3. The van der Waals surface area contributed by atoms with Gasteiger partial charge in [0, 0.05) is 49.4 Å². The molecule has 0 aliphatic carbocycles. The molecule has 10 rings (SSSR count). The van der Waals surface area contributed by atoms with Crippen LogP contribution in [0.25, 0.3) is 66.1 Å². The van der Waals surface area contributed by atoms with Gasteiger partial charge in [0.05, 0.1) is 0 Å². The summed E-state index contributed by atoms with van der Waals surface area (Å²) in [6, 6.07) is 56.2. The van der Waals surface area contributed by atoms with Gasteiger partial charge in [-0.15, -0.1) is 0 Å². The van der Waals surface area contributed by atoms with Crippen molar-refractivity contribution >= 4 is 55.5 Å². The quantitative estimate of drug-likeness (QED) is 0.203. The average Bonchev–Trinajstić information content (AvgIpc) is 3.78. The maximum Gasteiger partial charge on any atom is 0.159 e. The number of furan rings is 2. The van der Waals surface area contributed by atoms with Crippen molar-refractivity contribution in [3.05, 3.63) is 180 Å². The number of hydrogen-bond acceptors (Lipinski definition) is 5. The number of para-hydroxylation sites is 3. The van der Waals surface area contributed by atoms with Crippen molar-refractivity contribution in [2.75, 3.05) is 0 Å². The minimum atomic E-state index is -0.425. The molecule has 0 saturated carbocycles. The number of benzene rings is 7. The third-order valence-electron chi connectivity index (χ3n) is 9.59. The zero-order valence-electron chi connectivity index (χ0n) is 26.9. The third kappa shape index (κ3) is 4.63. The summed E-state index contributed by atoms with van der Waals surface area (Å²) in [7, 11) is 0. The number of nitrogens with zero attached hydrogens (tertiary/aromatic N) is 2. The molecule has 1 aliphatic rings. The molecule has 0 bridgehead atoms. The van der Waals surface area contributed by atoms with Gasteiger partial charge in [-0.3, -0.25) is 0 Å². The number of rotatable bonds is 5. The molecule has 3 heterocycles. The Hall–Kier alpha value is -6.72. The van der Waals surface area contributed by atoms with Crippen molar-refractivity contribution in [2.24, 2.45) is 9.98 Å². The van der Waals surface area contributed by atoms with Crippen LogP contribution in [0.15, 0.2) is 183 Å². The molecule has 5 nitrogen and oxygen atoms in total. The van der Waals surface area contributed by atoms with Crippen LogP contribution in [-0.4, -0.2) is 11.7 Å². The lowest BCUT2D eigenvalue weighted by atomic mass is 9.95. The Morgan fingerprint density at radius 1 is 0.440 bits per heavy atom. The van der Waals surface area contributed by atoms with E-state index in [1.807, 2.05) is 54.6 Å². The Kier molecular flexibility index (Phi) is 6.49. The fourth-order valence-corrected chi connectivity index (χ4v) is 7.18. The second-order valence-electron chi connectivity index (χ2n) is 12.6. The molecule has 50 heavy (non-hydrogen) atoms. The molecular formula is C45H29N3O2. The zero-order chi connectivity index (χ0) is 33.0. The highest BCUT2D eigenvalue weighted by molar-refractivity contribution is 6.17. The second kappa shape index (κ2) is 11.5. The van der Waals surface area contributed by atoms with Crippen molar-refractivity contribution in [1.82, 2.24) is 5.32 Å². The molecule has 1 N–H and O–H groups in total. The van der Waals surface area contributed by atoms with Crippen molar-refractivity contribution < 1.29 is 8.83 Å². The summed E-state index contributed by atoms with van der Waals surface area (Å²) in [5, 5.41) is 7.93. The molecule has 5 heteroatoms. The Labute approximate surface area is 287 Å². The lowest BCUT2D eigenvalue weighted by Gasteiger charge is -2.24. The monoisotopic (exact) mass is 643 g/mol. The van der Waals surface area contributed by atoms with Crippen molar-refractivity contribution in [3.8, 4) is 22.3 Å². The van der Waals surface area contributed by atoms with Crippen molar-refractivity contribution in [2.45, 2.75) is 6.17 Å². The maximum absolute atomic E-state index is 6.72. The van der Waals surface area contributed by atoms with Crippen LogP contribution in [0.3, 0.4) is 0 Å². The van der Waals surface area contributed by atoms with E-state index >= 15 is 0 Å². The molecule has 1 aliphatic heterocycles. The molecule has 9 aromatic rings. The Morgan fingerprint density at radius 2 is 1.02 bits per heavy atom. The molecule has 1 unspecified atom stereocenters. The topological polar surface area (TPSA) is 63.0 Å². The van der Waals surface area contributed by atoms with Crippen LogP contribution in [0.4, 0.5) is 0 Å². The summed E-state index contributed by atoms with van der Waals surface area (Å²) in [6.45, 7) is 0. The number of hydrogen-bond donors (Lipinski definition) is 1. The normalized spacial score (nSPS) is 14.6. The molecule has 7 aromatic carbocycles. The van der Waals surface area contributed by atoms with Gasteiger partial charge in [-0.05, 0) is 23.3 Å². The lowest BCUT2D eigenvalue weighted by molar-refractivity contribution is 0.661. The molecule has 2 aromatic heterocycles. The van der Waals surface area contributed by atoms with Crippen LogP contribution in [0.2, 0.25) is 0 Å². The summed E-state index contributed by atoms with van der Waals surface area (Å²) in [6.07, 6.45) is -0.425. The Morgan fingerprint density at radius 3 is 1.80 bits per heavy atom. The summed E-state index contributed by atoms with van der Waals surface area (Å²) in [5.41, 5.74) is 10.6.